The Hall–Kier alpha value is -1.99. The van der Waals surface area contributed by atoms with Gasteiger partial charge in [-0.05, 0) is 11.5 Å². The lowest BCUT2D eigenvalue weighted by molar-refractivity contribution is 0.581. The smallest absolute Gasteiger partial charge is 0.213 e. The van der Waals surface area contributed by atoms with Crippen LogP contribution in [0.5, 0.6) is 0 Å². The molecular formula is C16H22N4O2S. The summed E-state index contributed by atoms with van der Waals surface area (Å²) in [4.78, 5) is 8.27. The lowest BCUT2D eigenvalue weighted by Crippen LogP contribution is -2.29. The van der Waals surface area contributed by atoms with Gasteiger partial charge in [-0.15, -0.1) is 0 Å². The van der Waals surface area contributed by atoms with Crippen molar-refractivity contribution in [3.8, 4) is 0 Å². The molecule has 0 aliphatic heterocycles. The Labute approximate surface area is 137 Å². The van der Waals surface area contributed by atoms with Crippen LogP contribution in [0.4, 0.5) is 5.82 Å². The van der Waals surface area contributed by atoms with E-state index in [2.05, 4.69) is 20.0 Å². The van der Waals surface area contributed by atoms with Crippen LogP contribution in [-0.2, 0) is 16.6 Å². The fourth-order valence-corrected chi connectivity index (χ4v) is 2.86. The zero-order chi connectivity index (χ0) is 16.7. The maximum absolute atomic E-state index is 12.0. The zero-order valence-electron chi connectivity index (χ0n) is 13.4. The Morgan fingerprint density at radius 1 is 1.13 bits per heavy atom. The summed E-state index contributed by atoms with van der Waals surface area (Å²) in [7, 11) is -3.33. The molecule has 0 spiro atoms. The molecule has 0 radical (unpaired) electrons. The lowest BCUT2D eigenvalue weighted by Gasteiger charge is -2.10. The molecule has 7 heteroatoms. The Morgan fingerprint density at radius 2 is 1.87 bits per heavy atom. The predicted molar refractivity (Wildman–Crippen MR) is 91.7 cm³/mol. The molecule has 2 N–H and O–H groups in total. The fourth-order valence-electron chi connectivity index (χ4n) is 1.96. The van der Waals surface area contributed by atoms with Crippen LogP contribution in [0.1, 0.15) is 31.0 Å². The minimum Gasteiger partial charge on any atom is -0.369 e. The van der Waals surface area contributed by atoms with Gasteiger partial charge >= 0.3 is 0 Å². The van der Waals surface area contributed by atoms with Gasteiger partial charge in [-0.25, -0.2) is 23.1 Å². The molecule has 2 rings (SSSR count). The van der Waals surface area contributed by atoms with E-state index in [1.807, 2.05) is 50.2 Å². The Balaban J connectivity index is 1.81. The van der Waals surface area contributed by atoms with Gasteiger partial charge < -0.3 is 5.32 Å². The largest absolute Gasteiger partial charge is 0.369 e. The van der Waals surface area contributed by atoms with Crippen molar-refractivity contribution in [3.63, 3.8) is 0 Å². The minimum atomic E-state index is -3.33. The van der Waals surface area contributed by atoms with Crippen molar-refractivity contribution in [2.24, 2.45) is 0 Å². The highest BCUT2D eigenvalue weighted by atomic mass is 32.2. The zero-order valence-corrected chi connectivity index (χ0v) is 14.2. The Morgan fingerprint density at radius 3 is 2.57 bits per heavy atom. The molecule has 1 heterocycles. The third-order valence-corrected chi connectivity index (χ3v) is 4.62. The molecule has 0 unspecified atom stereocenters. The number of nitrogens with zero attached hydrogens (tertiary/aromatic N) is 2. The molecule has 0 saturated carbocycles. The van der Waals surface area contributed by atoms with E-state index in [1.165, 1.54) is 6.33 Å². The summed E-state index contributed by atoms with van der Waals surface area (Å²) >= 11 is 0. The van der Waals surface area contributed by atoms with E-state index in [-0.39, 0.29) is 5.75 Å². The first kappa shape index (κ1) is 17.4. The normalized spacial score (nSPS) is 11.6. The third kappa shape index (κ3) is 5.96. The summed E-state index contributed by atoms with van der Waals surface area (Å²) in [5.41, 5.74) is 1.86. The molecule has 0 atom stereocenters. The van der Waals surface area contributed by atoms with Gasteiger partial charge in [0, 0.05) is 24.8 Å². The van der Waals surface area contributed by atoms with Gasteiger partial charge in [-0.1, -0.05) is 44.2 Å². The van der Waals surface area contributed by atoms with Gasteiger partial charge in [0.2, 0.25) is 10.0 Å². The SMILES string of the molecule is CC(C)c1cc(NCCS(=O)(=O)NCc2ccccc2)ncn1. The molecule has 124 valence electrons. The van der Waals surface area contributed by atoms with Crippen molar-refractivity contribution < 1.29 is 8.42 Å². The standard InChI is InChI=1S/C16H22N4O2S/c1-13(2)15-10-16(19-12-18-15)17-8-9-23(21,22)20-11-14-6-4-3-5-7-14/h3-7,10,12-13,20H,8-9,11H2,1-2H3,(H,17,18,19). The quantitative estimate of drug-likeness (QED) is 0.772. The van der Waals surface area contributed by atoms with Crippen molar-refractivity contribution in [2.75, 3.05) is 17.6 Å². The van der Waals surface area contributed by atoms with Crippen LogP contribution in [0.15, 0.2) is 42.7 Å². The summed E-state index contributed by atoms with van der Waals surface area (Å²) in [5.74, 6) is 0.928. The Bertz CT molecular complexity index is 718. The number of aromatic nitrogens is 2. The summed E-state index contributed by atoms with van der Waals surface area (Å²) in [6, 6.07) is 11.3. The molecule has 0 amide bonds. The van der Waals surface area contributed by atoms with Gasteiger partial charge in [0.1, 0.15) is 12.1 Å². The van der Waals surface area contributed by atoms with E-state index in [9.17, 15) is 8.42 Å². The Kier molecular flexibility index (Phi) is 6.06. The summed E-state index contributed by atoms with van der Waals surface area (Å²) in [6.07, 6.45) is 1.49. The highest BCUT2D eigenvalue weighted by Gasteiger charge is 2.10. The molecule has 23 heavy (non-hydrogen) atoms. The van der Waals surface area contributed by atoms with Crippen LogP contribution in [-0.4, -0.2) is 30.7 Å². The molecule has 1 aromatic carbocycles. The van der Waals surface area contributed by atoms with E-state index in [0.717, 1.165) is 11.3 Å². The molecular weight excluding hydrogens is 312 g/mol. The van der Waals surface area contributed by atoms with Crippen LogP contribution in [0.3, 0.4) is 0 Å². The minimum absolute atomic E-state index is 0.0130. The van der Waals surface area contributed by atoms with Crippen LogP contribution < -0.4 is 10.0 Å². The summed E-state index contributed by atoms with van der Waals surface area (Å²) in [6.45, 7) is 4.68. The average Bonchev–Trinajstić information content (AvgIpc) is 2.54. The second-order valence-electron chi connectivity index (χ2n) is 5.54. The summed E-state index contributed by atoms with van der Waals surface area (Å²) in [5, 5.41) is 3.02. The van der Waals surface area contributed by atoms with E-state index in [0.29, 0.717) is 24.8 Å². The number of hydrogen-bond acceptors (Lipinski definition) is 5. The van der Waals surface area contributed by atoms with E-state index < -0.39 is 10.0 Å². The average molecular weight is 334 g/mol. The first-order valence-corrected chi connectivity index (χ1v) is 9.18. The van der Waals surface area contributed by atoms with E-state index in [1.54, 1.807) is 0 Å². The molecule has 0 saturated heterocycles. The highest BCUT2D eigenvalue weighted by molar-refractivity contribution is 7.89. The number of hydrogen-bond donors (Lipinski definition) is 2. The fraction of sp³-hybridized carbons (Fsp3) is 0.375. The van der Waals surface area contributed by atoms with Crippen molar-refractivity contribution in [1.82, 2.24) is 14.7 Å². The van der Waals surface area contributed by atoms with E-state index in [4.69, 9.17) is 0 Å². The lowest BCUT2D eigenvalue weighted by atomic mass is 10.1. The molecule has 0 bridgehead atoms. The van der Waals surface area contributed by atoms with Crippen LogP contribution in [0, 0.1) is 0 Å². The van der Waals surface area contributed by atoms with Crippen LogP contribution in [0.2, 0.25) is 0 Å². The summed E-state index contributed by atoms with van der Waals surface area (Å²) < 4.78 is 26.6. The maximum Gasteiger partial charge on any atom is 0.213 e. The third-order valence-electron chi connectivity index (χ3n) is 3.30. The van der Waals surface area contributed by atoms with Crippen molar-refractivity contribution in [1.29, 1.82) is 0 Å². The van der Waals surface area contributed by atoms with Crippen LogP contribution >= 0.6 is 0 Å². The molecule has 6 nitrogen and oxygen atoms in total. The van der Waals surface area contributed by atoms with Gasteiger partial charge in [0.05, 0.1) is 5.75 Å². The first-order valence-electron chi connectivity index (χ1n) is 7.53. The highest BCUT2D eigenvalue weighted by Crippen LogP contribution is 2.13. The van der Waals surface area contributed by atoms with Gasteiger partial charge in [0.15, 0.2) is 0 Å². The molecule has 2 aromatic rings. The number of nitrogens with one attached hydrogen (secondary N) is 2. The molecule has 0 fully saturated rings. The van der Waals surface area contributed by atoms with Crippen molar-refractivity contribution in [3.05, 3.63) is 54.0 Å². The molecule has 1 aromatic heterocycles. The monoisotopic (exact) mass is 334 g/mol. The van der Waals surface area contributed by atoms with Crippen molar-refractivity contribution >= 4 is 15.8 Å². The van der Waals surface area contributed by atoms with Gasteiger partial charge in [-0.2, -0.15) is 0 Å². The number of anilines is 1. The van der Waals surface area contributed by atoms with E-state index >= 15 is 0 Å². The topological polar surface area (TPSA) is 84.0 Å². The van der Waals surface area contributed by atoms with Crippen molar-refractivity contribution in [2.45, 2.75) is 26.3 Å². The van der Waals surface area contributed by atoms with Gasteiger partial charge in [-0.3, -0.25) is 0 Å². The number of benzene rings is 1. The predicted octanol–water partition coefficient (Wildman–Crippen LogP) is 2.13. The molecule has 0 aliphatic rings. The first-order chi connectivity index (χ1) is 11.0. The number of sulfonamides is 1. The second-order valence-corrected chi connectivity index (χ2v) is 7.46. The molecule has 0 aliphatic carbocycles. The number of rotatable bonds is 8. The maximum atomic E-state index is 12.0. The second kappa shape index (κ2) is 8.03. The van der Waals surface area contributed by atoms with Gasteiger partial charge in [0.25, 0.3) is 0 Å². The van der Waals surface area contributed by atoms with Crippen LogP contribution in [0.25, 0.3) is 0 Å².